The summed E-state index contributed by atoms with van der Waals surface area (Å²) in [7, 11) is 0. The Kier molecular flexibility index (Phi) is 5.73. The van der Waals surface area contributed by atoms with Crippen LogP contribution in [0.3, 0.4) is 0 Å². The van der Waals surface area contributed by atoms with Gasteiger partial charge in [0.05, 0.1) is 22.8 Å². The molecule has 1 saturated heterocycles. The zero-order chi connectivity index (χ0) is 19.3. The SMILES string of the molecule is O=C(Cc1csc(Nc2ccccn2)n1)N1CCN(c2ccccc2Cl)CC1. The summed E-state index contributed by atoms with van der Waals surface area (Å²) in [5.41, 5.74) is 1.81. The number of pyridine rings is 1. The number of para-hydroxylation sites is 1. The minimum absolute atomic E-state index is 0.105. The Labute approximate surface area is 172 Å². The van der Waals surface area contributed by atoms with Gasteiger partial charge >= 0.3 is 0 Å². The van der Waals surface area contributed by atoms with E-state index in [9.17, 15) is 4.79 Å². The molecule has 3 aromatic rings. The van der Waals surface area contributed by atoms with Crippen LogP contribution in [0.15, 0.2) is 54.0 Å². The third-order valence-corrected chi connectivity index (χ3v) is 5.74. The number of hydrogen-bond acceptors (Lipinski definition) is 6. The van der Waals surface area contributed by atoms with E-state index in [4.69, 9.17) is 11.6 Å². The number of anilines is 3. The van der Waals surface area contributed by atoms with Crippen LogP contribution in [0.25, 0.3) is 0 Å². The van der Waals surface area contributed by atoms with Crippen molar-refractivity contribution in [2.75, 3.05) is 36.4 Å². The molecule has 3 heterocycles. The van der Waals surface area contributed by atoms with Crippen LogP contribution >= 0.6 is 22.9 Å². The number of carbonyl (C=O) groups is 1. The molecule has 0 unspecified atom stereocenters. The predicted octanol–water partition coefficient (Wildman–Crippen LogP) is 3.83. The predicted molar refractivity (Wildman–Crippen MR) is 114 cm³/mol. The van der Waals surface area contributed by atoms with Crippen molar-refractivity contribution in [2.24, 2.45) is 0 Å². The molecule has 28 heavy (non-hydrogen) atoms. The van der Waals surface area contributed by atoms with Gasteiger partial charge in [-0.25, -0.2) is 9.97 Å². The number of hydrogen-bond donors (Lipinski definition) is 1. The molecule has 6 nitrogen and oxygen atoms in total. The van der Waals surface area contributed by atoms with Crippen LogP contribution in [0, 0.1) is 0 Å². The van der Waals surface area contributed by atoms with Crippen LogP contribution in [0.1, 0.15) is 5.69 Å². The van der Waals surface area contributed by atoms with Crippen molar-refractivity contribution in [3.8, 4) is 0 Å². The number of amides is 1. The van der Waals surface area contributed by atoms with Gasteiger partial charge in [-0.3, -0.25) is 4.79 Å². The van der Waals surface area contributed by atoms with E-state index < -0.39 is 0 Å². The Balaban J connectivity index is 1.31. The van der Waals surface area contributed by atoms with Crippen LogP contribution in [0.5, 0.6) is 0 Å². The molecule has 0 aliphatic carbocycles. The first kappa shape index (κ1) is 18.7. The van der Waals surface area contributed by atoms with Gasteiger partial charge in [0.25, 0.3) is 0 Å². The first-order valence-corrected chi connectivity index (χ1v) is 10.3. The maximum atomic E-state index is 12.7. The van der Waals surface area contributed by atoms with E-state index in [1.807, 2.05) is 52.7 Å². The van der Waals surface area contributed by atoms with Gasteiger partial charge in [-0.15, -0.1) is 11.3 Å². The van der Waals surface area contributed by atoms with Gasteiger partial charge in [-0.1, -0.05) is 29.8 Å². The van der Waals surface area contributed by atoms with E-state index in [2.05, 4.69) is 20.2 Å². The highest BCUT2D eigenvalue weighted by Gasteiger charge is 2.23. The zero-order valence-corrected chi connectivity index (χ0v) is 16.8. The lowest BCUT2D eigenvalue weighted by molar-refractivity contribution is -0.130. The third kappa shape index (κ3) is 4.43. The fourth-order valence-corrected chi connectivity index (χ4v) is 4.14. The Bertz CT molecular complexity index is 941. The van der Waals surface area contributed by atoms with E-state index in [0.29, 0.717) is 19.5 Å². The summed E-state index contributed by atoms with van der Waals surface area (Å²) in [5.74, 6) is 0.846. The number of piperazine rings is 1. The molecule has 1 aliphatic heterocycles. The summed E-state index contributed by atoms with van der Waals surface area (Å²) >= 11 is 7.76. The van der Waals surface area contributed by atoms with Crippen LogP contribution in [-0.2, 0) is 11.2 Å². The van der Waals surface area contributed by atoms with Crippen molar-refractivity contribution < 1.29 is 4.79 Å². The van der Waals surface area contributed by atoms with Crippen LogP contribution in [0.4, 0.5) is 16.6 Å². The normalized spacial score (nSPS) is 14.2. The highest BCUT2D eigenvalue weighted by atomic mass is 35.5. The molecule has 0 atom stereocenters. The van der Waals surface area contributed by atoms with Crippen molar-refractivity contribution in [2.45, 2.75) is 6.42 Å². The molecule has 1 aromatic carbocycles. The maximum absolute atomic E-state index is 12.7. The lowest BCUT2D eigenvalue weighted by Gasteiger charge is -2.36. The Morgan fingerprint density at radius 1 is 1.11 bits per heavy atom. The summed E-state index contributed by atoms with van der Waals surface area (Å²) in [5, 5.41) is 6.57. The number of nitrogens with one attached hydrogen (secondary N) is 1. The van der Waals surface area contributed by atoms with E-state index in [1.54, 1.807) is 6.20 Å². The summed E-state index contributed by atoms with van der Waals surface area (Å²) in [6, 6.07) is 13.5. The molecule has 1 amide bonds. The summed E-state index contributed by atoms with van der Waals surface area (Å²) in [4.78, 5) is 25.5. The summed E-state index contributed by atoms with van der Waals surface area (Å²) in [6.07, 6.45) is 2.04. The van der Waals surface area contributed by atoms with E-state index in [0.717, 1.165) is 40.4 Å². The molecule has 1 aliphatic rings. The molecular formula is C20H20ClN5OS. The fourth-order valence-electron chi connectivity index (χ4n) is 3.16. The second-order valence-electron chi connectivity index (χ2n) is 6.48. The monoisotopic (exact) mass is 413 g/mol. The molecule has 1 N–H and O–H groups in total. The van der Waals surface area contributed by atoms with Crippen molar-refractivity contribution in [1.29, 1.82) is 0 Å². The minimum Gasteiger partial charge on any atom is -0.367 e. The van der Waals surface area contributed by atoms with E-state index in [1.165, 1.54) is 11.3 Å². The first-order chi connectivity index (χ1) is 13.7. The second-order valence-corrected chi connectivity index (χ2v) is 7.75. The number of halogens is 1. The van der Waals surface area contributed by atoms with Crippen LogP contribution in [0.2, 0.25) is 5.02 Å². The van der Waals surface area contributed by atoms with Gasteiger partial charge in [0.1, 0.15) is 5.82 Å². The van der Waals surface area contributed by atoms with E-state index in [-0.39, 0.29) is 5.91 Å². The molecule has 0 radical (unpaired) electrons. The number of nitrogens with zero attached hydrogens (tertiary/aromatic N) is 4. The lowest BCUT2D eigenvalue weighted by atomic mass is 10.2. The summed E-state index contributed by atoms with van der Waals surface area (Å²) in [6.45, 7) is 2.93. The molecule has 144 valence electrons. The molecule has 8 heteroatoms. The largest absolute Gasteiger partial charge is 0.367 e. The van der Waals surface area contributed by atoms with Crippen LogP contribution < -0.4 is 10.2 Å². The molecule has 1 fully saturated rings. The molecular weight excluding hydrogens is 394 g/mol. The number of carbonyl (C=O) groups excluding carboxylic acids is 1. The average Bonchev–Trinajstić information content (AvgIpc) is 3.16. The highest BCUT2D eigenvalue weighted by molar-refractivity contribution is 7.13. The number of aromatic nitrogens is 2. The van der Waals surface area contributed by atoms with Crippen molar-refractivity contribution in [3.05, 3.63) is 64.8 Å². The van der Waals surface area contributed by atoms with Crippen molar-refractivity contribution in [1.82, 2.24) is 14.9 Å². The van der Waals surface area contributed by atoms with Gasteiger partial charge in [-0.05, 0) is 24.3 Å². The molecule has 0 spiro atoms. The van der Waals surface area contributed by atoms with Gasteiger partial charge in [-0.2, -0.15) is 0 Å². The van der Waals surface area contributed by atoms with Gasteiger partial charge in [0.2, 0.25) is 5.91 Å². The third-order valence-electron chi connectivity index (χ3n) is 4.61. The van der Waals surface area contributed by atoms with Crippen molar-refractivity contribution >= 4 is 45.5 Å². The molecule has 2 aromatic heterocycles. The van der Waals surface area contributed by atoms with E-state index >= 15 is 0 Å². The Morgan fingerprint density at radius 2 is 1.89 bits per heavy atom. The second kappa shape index (κ2) is 8.58. The summed E-state index contributed by atoms with van der Waals surface area (Å²) < 4.78 is 0. The quantitative estimate of drug-likeness (QED) is 0.688. The van der Waals surface area contributed by atoms with Gasteiger partial charge < -0.3 is 15.1 Å². The topological polar surface area (TPSA) is 61.4 Å². The number of rotatable bonds is 5. The lowest BCUT2D eigenvalue weighted by Crippen LogP contribution is -2.49. The van der Waals surface area contributed by atoms with Gasteiger partial charge in [0, 0.05) is 37.8 Å². The number of benzene rings is 1. The average molecular weight is 414 g/mol. The number of thiazole rings is 1. The fraction of sp³-hybridized carbons (Fsp3) is 0.250. The standard InChI is InChI=1S/C20H20ClN5OS/c21-16-5-1-2-6-17(16)25-9-11-26(12-10-25)19(27)13-15-14-28-20(23-15)24-18-7-3-4-8-22-18/h1-8,14H,9-13H2,(H,22,23,24). The molecule has 0 saturated carbocycles. The first-order valence-electron chi connectivity index (χ1n) is 9.09. The highest BCUT2D eigenvalue weighted by Crippen LogP contribution is 2.26. The van der Waals surface area contributed by atoms with Crippen LogP contribution in [-0.4, -0.2) is 47.0 Å². The van der Waals surface area contributed by atoms with Gasteiger partial charge in [0.15, 0.2) is 5.13 Å². The Morgan fingerprint density at radius 3 is 2.64 bits per heavy atom. The zero-order valence-electron chi connectivity index (χ0n) is 15.2. The molecule has 4 rings (SSSR count). The smallest absolute Gasteiger partial charge is 0.228 e. The maximum Gasteiger partial charge on any atom is 0.228 e. The Hall–Kier alpha value is -2.64. The van der Waals surface area contributed by atoms with Crippen molar-refractivity contribution in [3.63, 3.8) is 0 Å². The molecule has 0 bridgehead atoms. The minimum atomic E-state index is 0.105.